The lowest BCUT2D eigenvalue weighted by atomic mass is 9.97. The third-order valence-electron chi connectivity index (χ3n) is 4.04. The Morgan fingerprint density at radius 1 is 1.36 bits per heavy atom. The van der Waals surface area contributed by atoms with Crippen molar-refractivity contribution < 1.29 is 4.79 Å². The highest BCUT2D eigenvalue weighted by Gasteiger charge is 2.22. The minimum absolute atomic E-state index is 0.129. The summed E-state index contributed by atoms with van der Waals surface area (Å²) in [4.78, 5) is 18.6. The Hall–Kier alpha value is -1.30. The molecule has 6 heteroatoms. The van der Waals surface area contributed by atoms with Crippen molar-refractivity contribution >= 4 is 11.9 Å². The van der Waals surface area contributed by atoms with Gasteiger partial charge < -0.3 is 16.0 Å². The summed E-state index contributed by atoms with van der Waals surface area (Å²) >= 11 is 0. The molecule has 0 atom stereocenters. The van der Waals surface area contributed by atoms with Gasteiger partial charge in [-0.2, -0.15) is 0 Å². The first-order valence-electron chi connectivity index (χ1n) is 8.48. The zero-order chi connectivity index (χ0) is 16.0. The molecular formula is C16H31N5O. The van der Waals surface area contributed by atoms with Crippen LogP contribution in [0.5, 0.6) is 0 Å². The lowest BCUT2D eigenvalue weighted by Gasteiger charge is -2.32. The molecule has 126 valence electrons. The number of hydrogen-bond acceptors (Lipinski definition) is 5. The molecule has 0 aromatic rings. The van der Waals surface area contributed by atoms with E-state index in [2.05, 4.69) is 25.8 Å². The molecule has 0 saturated carbocycles. The molecule has 0 aromatic carbocycles. The van der Waals surface area contributed by atoms with Crippen molar-refractivity contribution in [2.75, 3.05) is 39.3 Å². The fourth-order valence-corrected chi connectivity index (χ4v) is 2.90. The monoisotopic (exact) mass is 309 g/mol. The van der Waals surface area contributed by atoms with Crippen molar-refractivity contribution in [2.45, 2.75) is 45.6 Å². The van der Waals surface area contributed by atoms with Crippen LogP contribution in [0.4, 0.5) is 0 Å². The molecule has 0 unspecified atom stereocenters. The summed E-state index contributed by atoms with van der Waals surface area (Å²) in [6.45, 7) is 11.5. The molecule has 0 spiro atoms. The summed E-state index contributed by atoms with van der Waals surface area (Å²) < 4.78 is 0. The van der Waals surface area contributed by atoms with Gasteiger partial charge in [-0.05, 0) is 59.0 Å². The highest BCUT2D eigenvalue weighted by Crippen LogP contribution is 2.16. The van der Waals surface area contributed by atoms with E-state index in [1.165, 1.54) is 0 Å². The van der Waals surface area contributed by atoms with Crippen LogP contribution in [0, 0.1) is 5.92 Å². The van der Waals surface area contributed by atoms with Gasteiger partial charge in [-0.25, -0.2) is 0 Å². The first-order valence-corrected chi connectivity index (χ1v) is 8.48. The highest BCUT2D eigenvalue weighted by molar-refractivity contribution is 5.80. The fourth-order valence-electron chi connectivity index (χ4n) is 2.90. The second-order valence-electron chi connectivity index (χ2n) is 7.41. The van der Waals surface area contributed by atoms with E-state index >= 15 is 0 Å². The van der Waals surface area contributed by atoms with Crippen LogP contribution in [-0.4, -0.2) is 61.6 Å². The molecule has 0 bridgehead atoms. The standard InChI is InChI=1S/C16H31N5O/c1-16(2,3)20-14(22)12-21-9-5-13(6-10-21)11-19-15-17-7-4-8-18-15/h13H,4-12H2,1-3H3,(H,20,22)(H2,17,18,19). The van der Waals surface area contributed by atoms with Gasteiger partial charge in [-0.15, -0.1) is 0 Å². The van der Waals surface area contributed by atoms with Crippen LogP contribution in [0.2, 0.25) is 0 Å². The molecule has 1 saturated heterocycles. The number of nitrogens with zero attached hydrogens (tertiary/aromatic N) is 2. The second-order valence-corrected chi connectivity index (χ2v) is 7.41. The highest BCUT2D eigenvalue weighted by atomic mass is 16.2. The van der Waals surface area contributed by atoms with Crippen LogP contribution in [-0.2, 0) is 4.79 Å². The maximum absolute atomic E-state index is 12.0. The van der Waals surface area contributed by atoms with Crippen LogP contribution in [0.3, 0.4) is 0 Å². The number of likely N-dealkylation sites (tertiary alicyclic amines) is 1. The molecule has 3 N–H and O–H groups in total. The number of piperidine rings is 1. The molecule has 2 aliphatic heterocycles. The summed E-state index contributed by atoms with van der Waals surface area (Å²) in [6.07, 6.45) is 3.41. The predicted octanol–water partition coefficient (Wildman–Crippen LogP) is 0.552. The predicted molar refractivity (Wildman–Crippen MR) is 90.0 cm³/mol. The van der Waals surface area contributed by atoms with E-state index in [4.69, 9.17) is 0 Å². The average molecular weight is 309 g/mol. The first kappa shape index (κ1) is 17.1. The summed E-state index contributed by atoms with van der Waals surface area (Å²) in [5.74, 6) is 1.76. The van der Waals surface area contributed by atoms with E-state index in [-0.39, 0.29) is 11.4 Å². The number of carbonyl (C=O) groups is 1. The van der Waals surface area contributed by atoms with E-state index in [1.807, 2.05) is 20.8 Å². The fraction of sp³-hybridized carbons (Fsp3) is 0.875. The molecule has 6 nitrogen and oxygen atoms in total. The van der Waals surface area contributed by atoms with Gasteiger partial charge in [0.2, 0.25) is 5.91 Å². The van der Waals surface area contributed by atoms with Crippen LogP contribution < -0.4 is 16.0 Å². The van der Waals surface area contributed by atoms with Crippen LogP contribution >= 0.6 is 0 Å². The van der Waals surface area contributed by atoms with Crippen molar-refractivity contribution in [2.24, 2.45) is 10.9 Å². The van der Waals surface area contributed by atoms with E-state index in [1.54, 1.807) is 0 Å². The molecule has 0 aliphatic carbocycles. The van der Waals surface area contributed by atoms with Gasteiger partial charge in [0.25, 0.3) is 0 Å². The molecule has 2 aliphatic rings. The molecule has 2 rings (SSSR count). The number of nitrogens with one attached hydrogen (secondary N) is 3. The normalized spacial score (nSPS) is 21.0. The van der Waals surface area contributed by atoms with Crippen LogP contribution in [0.15, 0.2) is 4.99 Å². The van der Waals surface area contributed by atoms with Gasteiger partial charge in [-0.1, -0.05) is 0 Å². The largest absolute Gasteiger partial charge is 0.356 e. The van der Waals surface area contributed by atoms with Crippen molar-refractivity contribution in [3.8, 4) is 0 Å². The summed E-state index contributed by atoms with van der Waals surface area (Å²) in [5, 5.41) is 9.74. The zero-order valence-corrected chi connectivity index (χ0v) is 14.2. The quantitative estimate of drug-likeness (QED) is 0.709. The minimum Gasteiger partial charge on any atom is -0.356 e. The van der Waals surface area contributed by atoms with Gasteiger partial charge in [0.1, 0.15) is 0 Å². The Bertz CT molecular complexity index is 394. The Kier molecular flexibility index (Phi) is 6.06. The molecule has 0 aromatic heterocycles. The van der Waals surface area contributed by atoms with Crippen molar-refractivity contribution in [1.29, 1.82) is 0 Å². The SMILES string of the molecule is CC(C)(C)NC(=O)CN1CCC(CNC2=NCCCN2)CC1. The van der Waals surface area contributed by atoms with Crippen molar-refractivity contribution in [1.82, 2.24) is 20.9 Å². The Morgan fingerprint density at radius 2 is 2.09 bits per heavy atom. The molecule has 22 heavy (non-hydrogen) atoms. The zero-order valence-electron chi connectivity index (χ0n) is 14.2. The van der Waals surface area contributed by atoms with E-state index in [0.29, 0.717) is 12.5 Å². The Morgan fingerprint density at radius 3 is 2.68 bits per heavy atom. The maximum Gasteiger partial charge on any atom is 0.234 e. The van der Waals surface area contributed by atoms with E-state index in [9.17, 15) is 4.79 Å². The summed E-state index contributed by atoms with van der Waals surface area (Å²) in [6, 6.07) is 0. The average Bonchev–Trinajstić information content (AvgIpc) is 2.45. The molecular weight excluding hydrogens is 278 g/mol. The number of guanidine groups is 1. The smallest absolute Gasteiger partial charge is 0.234 e. The third-order valence-corrected chi connectivity index (χ3v) is 4.04. The van der Waals surface area contributed by atoms with Crippen LogP contribution in [0.25, 0.3) is 0 Å². The first-order chi connectivity index (χ1) is 10.4. The number of rotatable bonds is 4. The molecule has 1 fully saturated rings. The van der Waals surface area contributed by atoms with Gasteiger partial charge in [0.05, 0.1) is 6.54 Å². The van der Waals surface area contributed by atoms with Crippen LogP contribution in [0.1, 0.15) is 40.0 Å². The Labute approximate surface area is 134 Å². The van der Waals surface area contributed by atoms with E-state index in [0.717, 1.165) is 57.9 Å². The lowest BCUT2D eigenvalue weighted by molar-refractivity contribution is -0.124. The number of carbonyl (C=O) groups excluding carboxylic acids is 1. The van der Waals surface area contributed by atoms with Gasteiger partial charge in [0, 0.05) is 25.2 Å². The topological polar surface area (TPSA) is 68.8 Å². The van der Waals surface area contributed by atoms with E-state index < -0.39 is 0 Å². The maximum atomic E-state index is 12.0. The minimum atomic E-state index is -0.146. The Balaban J connectivity index is 1.63. The molecule has 1 amide bonds. The summed E-state index contributed by atoms with van der Waals surface area (Å²) in [5.41, 5.74) is -0.146. The van der Waals surface area contributed by atoms with Crippen molar-refractivity contribution in [3.05, 3.63) is 0 Å². The van der Waals surface area contributed by atoms with Gasteiger partial charge >= 0.3 is 0 Å². The summed E-state index contributed by atoms with van der Waals surface area (Å²) in [7, 11) is 0. The van der Waals surface area contributed by atoms with Crippen molar-refractivity contribution in [3.63, 3.8) is 0 Å². The number of amides is 1. The lowest BCUT2D eigenvalue weighted by Crippen LogP contribution is -2.48. The van der Waals surface area contributed by atoms with Gasteiger partial charge in [-0.3, -0.25) is 14.7 Å². The molecule has 0 radical (unpaired) electrons. The third kappa shape index (κ3) is 6.22. The number of aliphatic imine (C=N–C) groups is 1. The molecule has 2 heterocycles. The number of hydrogen-bond donors (Lipinski definition) is 3. The second kappa shape index (κ2) is 7.81. The van der Waals surface area contributed by atoms with Gasteiger partial charge in [0.15, 0.2) is 5.96 Å².